The average Bonchev–Trinajstić information content (AvgIpc) is 3.78. The van der Waals surface area contributed by atoms with E-state index in [0.29, 0.717) is 46.8 Å². The Morgan fingerprint density at radius 3 is 2.18 bits per heavy atom. The number of allylic oxidation sites excluding steroid dienone is 1. The number of fused-ring (bicyclic) bond motifs is 1. The van der Waals surface area contributed by atoms with E-state index in [1.807, 2.05) is 30.3 Å². The number of aromatic amines is 1. The van der Waals surface area contributed by atoms with Crippen LogP contribution >= 0.6 is 19.0 Å². The van der Waals surface area contributed by atoms with Gasteiger partial charge in [-0.15, -0.1) is 6.58 Å². The zero-order valence-corrected chi connectivity index (χ0v) is 35.3. The Hall–Kier alpha value is -3.96. The summed E-state index contributed by atoms with van der Waals surface area (Å²) in [7, 11) is 2.06. The number of aromatic nitrogens is 1. The number of halogens is 1. The second-order valence-electron chi connectivity index (χ2n) is 13.7. The molecule has 55 heavy (non-hydrogen) atoms. The van der Waals surface area contributed by atoms with Crippen LogP contribution in [0.4, 0.5) is 4.79 Å². The standard InChI is InChI=1S/C12H15O2P.C10H8ClNO2.C6H14N2O.C6H12O.C4H10.C3H5NO2/c1-2-11-8-12(11)15(13,14)9-10-6-4-3-5-7-10;1-14-6-2-3-7-8(4-6)12-10(11)5-9(7)13;1-3-4-5-8(2)6(7)9;1-7-6-4-2-3-5-6;1-4(2)3;5-2-1-4-3-6/h2-7,11-12H,1,8-9H2,(H,13,14);2-5H,1H3,(H,12,13);3-5H2,1-2H3,(H2,7,9);6H,2-5H2,1H3;4H,1-3H3;2-3H,1H2,(H,4,6). The summed E-state index contributed by atoms with van der Waals surface area (Å²) in [6.45, 7) is 13.1. The normalized spacial score (nSPS) is 16.2. The molecule has 2 fully saturated rings. The lowest BCUT2D eigenvalue weighted by atomic mass is 10.2. The van der Waals surface area contributed by atoms with E-state index in [1.54, 1.807) is 45.5 Å². The highest BCUT2D eigenvalue weighted by atomic mass is 35.5. The quantitative estimate of drug-likeness (QED) is 0.0465. The zero-order chi connectivity index (χ0) is 41.8. The predicted molar refractivity (Wildman–Crippen MR) is 225 cm³/mol. The van der Waals surface area contributed by atoms with Gasteiger partial charge in [0.05, 0.1) is 25.3 Å². The maximum Gasteiger partial charge on any atom is 0.314 e. The number of aldehydes is 1. The van der Waals surface area contributed by atoms with Crippen LogP contribution in [0, 0.1) is 11.8 Å². The largest absolute Gasteiger partial charge is 0.497 e. The molecule has 5 rings (SSSR count). The molecule has 3 amide bonds. The number of unbranched alkanes of at least 4 members (excludes halogenated alkanes) is 1. The van der Waals surface area contributed by atoms with Gasteiger partial charge in [-0.2, -0.15) is 0 Å². The van der Waals surface area contributed by atoms with Gasteiger partial charge in [0, 0.05) is 50.0 Å². The molecular weight excluding hydrogens is 743 g/mol. The lowest BCUT2D eigenvalue weighted by Crippen LogP contribution is -2.32. The first kappa shape index (κ1) is 51.0. The van der Waals surface area contributed by atoms with Crippen molar-refractivity contribution in [3.63, 3.8) is 0 Å². The fraction of sp³-hybridized carbons (Fsp3) is 0.512. The minimum absolute atomic E-state index is 0.0461. The molecule has 1 aromatic heterocycles. The van der Waals surface area contributed by atoms with Crippen molar-refractivity contribution in [2.24, 2.45) is 17.6 Å². The zero-order valence-electron chi connectivity index (χ0n) is 33.7. The van der Waals surface area contributed by atoms with E-state index in [1.165, 1.54) is 36.6 Å². The molecule has 0 saturated heterocycles. The molecule has 5 N–H and O–H groups in total. The Morgan fingerprint density at radius 2 is 1.75 bits per heavy atom. The summed E-state index contributed by atoms with van der Waals surface area (Å²) in [4.78, 5) is 54.8. The molecule has 0 spiro atoms. The highest BCUT2D eigenvalue weighted by Crippen LogP contribution is 2.63. The molecular formula is C41H64ClN4O8P. The number of urea groups is 1. The summed E-state index contributed by atoms with van der Waals surface area (Å²) >= 11 is 5.72. The Bertz CT molecular complexity index is 1620. The summed E-state index contributed by atoms with van der Waals surface area (Å²) < 4.78 is 22.2. The van der Waals surface area contributed by atoms with Gasteiger partial charge < -0.3 is 40.1 Å². The van der Waals surface area contributed by atoms with Crippen molar-refractivity contribution in [2.75, 3.05) is 34.4 Å². The van der Waals surface area contributed by atoms with Crippen LogP contribution in [-0.4, -0.2) is 79.6 Å². The summed E-state index contributed by atoms with van der Waals surface area (Å²) in [6.07, 6.45) is 12.1. The van der Waals surface area contributed by atoms with Crippen molar-refractivity contribution in [1.29, 1.82) is 0 Å². The SMILES string of the molecule is C=CC1CC1P(=O)(O)Cc1ccccc1.CC(C)C.CCCCN(C)C(N)=O.COC1CCCC1.COc1ccc2c(=O)cc(Cl)[nH]c2c1.O=CCNC=O. The predicted octanol–water partition coefficient (Wildman–Crippen LogP) is 8.19. The molecule has 3 atom stereocenters. The molecule has 2 saturated carbocycles. The fourth-order valence-corrected chi connectivity index (χ4v) is 7.39. The highest BCUT2D eigenvalue weighted by molar-refractivity contribution is 7.58. The Morgan fingerprint density at radius 1 is 1.13 bits per heavy atom. The van der Waals surface area contributed by atoms with Crippen molar-refractivity contribution >= 4 is 48.6 Å². The van der Waals surface area contributed by atoms with Crippen molar-refractivity contribution in [3.8, 4) is 5.75 Å². The second-order valence-corrected chi connectivity index (χ2v) is 16.6. The number of hydrogen-bond acceptors (Lipinski definition) is 7. The van der Waals surface area contributed by atoms with E-state index >= 15 is 0 Å². The van der Waals surface area contributed by atoms with Gasteiger partial charge in [0.15, 0.2) is 5.43 Å². The molecule has 0 bridgehead atoms. The lowest BCUT2D eigenvalue weighted by Gasteiger charge is -2.12. The molecule has 0 aliphatic heterocycles. The summed E-state index contributed by atoms with van der Waals surface area (Å²) in [5.41, 5.74) is 6.45. The molecule has 12 nitrogen and oxygen atoms in total. The maximum absolute atomic E-state index is 12.0. The molecule has 2 aliphatic carbocycles. The monoisotopic (exact) mass is 806 g/mol. The van der Waals surface area contributed by atoms with E-state index in [-0.39, 0.29) is 29.6 Å². The van der Waals surface area contributed by atoms with Gasteiger partial charge in [0.2, 0.25) is 13.8 Å². The first-order chi connectivity index (χ1) is 26.1. The van der Waals surface area contributed by atoms with E-state index in [4.69, 9.17) is 26.8 Å². The van der Waals surface area contributed by atoms with Gasteiger partial charge in [-0.05, 0) is 55.2 Å². The van der Waals surface area contributed by atoms with Gasteiger partial charge in [-0.1, -0.05) is 95.0 Å². The van der Waals surface area contributed by atoms with E-state index in [2.05, 4.69) is 44.6 Å². The number of benzene rings is 2. The van der Waals surface area contributed by atoms with Crippen LogP contribution in [0.2, 0.25) is 5.15 Å². The second kappa shape index (κ2) is 29.3. The fourth-order valence-electron chi connectivity index (χ4n) is 4.93. The number of rotatable bonds is 12. The number of pyridine rings is 1. The van der Waals surface area contributed by atoms with Gasteiger partial charge >= 0.3 is 6.03 Å². The maximum atomic E-state index is 12.0. The van der Waals surface area contributed by atoms with Crippen LogP contribution < -0.4 is 21.2 Å². The first-order valence-corrected chi connectivity index (χ1v) is 20.9. The van der Waals surface area contributed by atoms with Gasteiger partial charge in [0.25, 0.3) is 0 Å². The molecule has 0 radical (unpaired) electrons. The number of nitrogens with zero attached hydrogens (tertiary/aromatic N) is 1. The Labute approximate surface area is 332 Å². The number of ether oxygens (including phenoxy) is 2. The third-order valence-corrected chi connectivity index (χ3v) is 10.7. The van der Waals surface area contributed by atoms with E-state index < -0.39 is 7.37 Å². The van der Waals surface area contributed by atoms with Crippen LogP contribution in [-0.2, 0) is 25.1 Å². The highest BCUT2D eigenvalue weighted by Gasteiger charge is 2.47. The van der Waals surface area contributed by atoms with Crippen LogP contribution in [0.15, 0.2) is 72.0 Å². The minimum Gasteiger partial charge on any atom is -0.497 e. The Balaban J connectivity index is 0.000000673. The van der Waals surface area contributed by atoms with Crippen LogP contribution in [0.1, 0.15) is 78.2 Å². The number of hydrogen-bond donors (Lipinski definition) is 4. The molecule has 3 aromatic rings. The number of amides is 3. The van der Waals surface area contributed by atoms with Crippen molar-refractivity contribution < 1.29 is 33.3 Å². The number of nitrogens with one attached hydrogen (secondary N) is 2. The molecule has 2 aromatic carbocycles. The number of primary amides is 1. The van der Waals surface area contributed by atoms with E-state index in [0.717, 1.165) is 37.3 Å². The summed E-state index contributed by atoms with van der Waals surface area (Å²) in [5, 5.41) is 3.09. The van der Waals surface area contributed by atoms with Gasteiger partial charge in [-0.25, -0.2) is 4.79 Å². The number of carbonyl (C=O) groups excluding carboxylic acids is 3. The van der Waals surface area contributed by atoms with E-state index in [9.17, 15) is 28.6 Å². The molecule has 3 unspecified atom stereocenters. The van der Waals surface area contributed by atoms with Gasteiger partial charge in [-0.3, -0.25) is 14.2 Å². The third-order valence-electron chi connectivity index (χ3n) is 8.03. The number of nitrogens with two attached hydrogens (primary N) is 1. The topological polar surface area (TPSA) is 181 Å². The number of carbonyl (C=O) groups is 3. The minimum atomic E-state index is -3.02. The molecule has 308 valence electrons. The first-order valence-electron chi connectivity index (χ1n) is 18.6. The van der Waals surface area contributed by atoms with Crippen molar-refractivity contribution in [2.45, 2.75) is 90.6 Å². The third kappa shape index (κ3) is 23.5. The average molecular weight is 807 g/mol. The van der Waals surface area contributed by atoms with Crippen LogP contribution in [0.5, 0.6) is 5.75 Å². The lowest BCUT2D eigenvalue weighted by molar-refractivity contribution is -0.113. The van der Waals surface area contributed by atoms with Crippen LogP contribution in [0.25, 0.3) is 10.9 Å². The molecule has 14 heteroatoms. The molecule has 1 heterocycles. The summed E-state index contributed by atoms with van der Waals surface area (Å²) in [6, 6.07) is 15.7. The Kier molecular flexibility index (Phi) is 27.2. The summed E-state index contributed by atoms with van der Waals surface area (Å²) in [5.74, 6) is 1.78. The number of methoxy groups -OCH3 is 2. The van der Waals surface area contributed by atoms with Crippen LogP contribution in [0.3, 0.4) is 0 Å². The van der Waals surface area contributed by atoms with Crippen molar-refractivity contribution in [3.05, 3.63) is 88.2 Å². The van der Waals surface area contributed by atoms with Crippen molar-refractivity contribution in [1.82, 2.24) is 15.2 Å². The van der Waals surface area contributed by atoms with Gasteiger partial charge in [0.1, 0.15) is 17.2 Å². The smallest absolute Gasteiger partial charge is 0.314 e. The molecule has 2 aliphatic rings. The number of H-pyrrole nitrogens is 1.